The van der Waals surface area contributed by atoms with E-state index in [9.17, 15) is 0 Å². The van der Waals surface area contributed by atoms with Crippen LogP contribution in [0.4, 0.5) is 0 Å². The predicted molar refractivity (Wildman–Crippen MR) is 95.8 cm³/mol. The Hall–Kier alpha value is -2.54. The summed E-state index contributed by atoms with van der Waals surface area (Å²) < 4.78 is 2.41. The monoisotopic (exact) mass is 285 g/mol. The maximum absolute atomic E-state index is 2.41. The Bertz CT molecular complexity index is 911. The van der Waals surface area contributed by atoms with Gasteiger partial charge in [-0.2, -0.15) is 0 Å². The van der Waals surface area contributed by atoms with Gasteiger partial charge in [0.25, 0.3) is 0 Å². The van der Waals surface area contributed by atoms with E-state index in [0.29, 0.717) is 0 Å². The fourth-order valence-corrected chi connectivity index (χ4v) is 3.45. The van der Waals surface area contributed by atoms with E-state index >= 15 is 0 Å². The molecule has 0 fully saturated rings. The third-order valence-electron chi connectivity index (χ3n) is 4.34. The van der Waals surface area contributed by atoms with Crippen molar-refractivity contribution in [1.29, 1.82) is 0 Å². The second-order valence-corrected chi connectivity index (χ2v) is 6.11. The molecule has 108 valence electrons. The van der Waals surface area contributed by atoms with Crippen LogP contribution in [0.2, 0.25) is 0 Å². The summed E-state index contributed by atoms with van der Waals surface area (Å²) in [5, 5.41) is 2.65. The van der Waals surface area contributed by atoms with Crippen LogP contribution >= 0.6 is 0 Å². The molecule has 1 aliphatic rings. The molecule has 0 bridgehead atoms. The van der Waals surface area contributed by atoms with Gasteiger partial charge in [0.05, 0.1) is 11.0 Å². The van der Waals surface area contributed by atoms with Crippen molar-refractivity contribution in [3.63, 3.8) is 0 Å². The summed E-state index contributed by atoms with van der Waals surface area (Å²) in [4.78, 5) is 0. The van der Waals surface area contributed by atoms with Gasteiger partial charge >= 0.3 is 0 Å². The molecule has 0 N–H and O–H groups in total. The highest BCUT2D eigenvalue weighted by Gasteiger charge is 2.13. The molecule has 1 nitrogen and oxygen atoms in total. The molecule has 0 aliphatic heterocycles. The summed E-state index contributed by atoms with van der Waals surface area (Å²) in [7, 11) is 0. The normalized spacial score (nSPS) is 15.5. The molecule has 0 atom stereocenters. The Morgan fingerprint density at radius 2 is 1.36 bits per heavy atom. The van der Waals surface area contributed by atoms with E-state index in [4.69, 9.17) is 0 Å². The van der Waals surface area contributed by atoms with E-state index in [1.807, 2.05) is 0 Å². The minimum absolute atomic E-state index is 0.983. The van der Waals surface area contributed by atoms with Gasteiger partial charge in [-0.25, -0.2) is 0 Å². The highest BCUT2D eigenvalue weighted by Crippen LogP contribution is 2.34. The van der Waals surface area contributed by atoms with Crippen LogP contribution in [-0.2, 0) is 0 Å². The summed E-state index contributed by atoms with van der Waals surface area (Å²) in [5.74, 6) is 0. The van der Waals surface area contributed by atoms with Gasteiger partial charge in [-0.05, 0) is 32.1 Å². The average Bonchev–Trinajstić information content (AvgIpc) is 2.76. The Balaban J connectivity index is 2.07. The van der Waals surface area contributed by atoms with Gasteiger partial charge in [0, 0.05) is 22.9 Å². The van der Waals surface area contributed by atoms with Crippen molar-refractivity contribution in [2.75, 3.05) is 0 Å². The van der Waals surface area contributed by atoms with Crippen molar-refractivity contribution in [3.05, 3.63) is 77.9 Å². The predicted octanol–water partition coefficient (Wildman–Crippen LogP) is 5.93. The second kappa shape index (κ2) is 5.03. The fraction of sp³-hybridized carbons (Fsp3) is 0.143. The van der Waals surface area contributed by atoms with Gasteiger partial charge in [0.1, 0.15) is 0 Å². The quantitative estimate of drug-likeness (QED) is 0.522. The molecule has 0 amide bonds. The van der Waals surface area contributed by atoms with Gasteiger partial charge in [0.15, 0.2) is 0 Å². The molecule has 22 heavy (non-hydrogen) atoms. The molecule has 0 spiro atoms. The van der Waals surface area contributed by atoms with E-state index in [-0.39, 0.29) is 0 Å². The smallest absolute Gasteiger partial charge is 0.0537 e. The van der Waals surface area contributed by atoms with Crippen molar-refractivity contribution >= 4 is 27.5 Å². The highest BCUT2D eigenvalue weighted by atomic mass is 15.0. The molecule has 4 rings (SSSR count). The van der Waals surface area contributed by atoms with Gasteiger partial charge in [-0.3, -0.25) is 0 Å². The number of benzene rings is 2. The summed E-state index contributed by atoms with van der Waals surface area (Å²) in [6.45, 7) is 4.37. The Morgan fingerprint density at radius 1 is 0.773 bits per heavy atom. The summed E-state index contributed by atoms with van der Waals surface area (Å²) >= 11 is 0. The first-order valence-electron chi connectivity index (χ1n) is 7.77. The lowest BCUT2D eigenvalue weighted by atomic mass is 10.1. The molecule has 1 heteroatoms. The zero-order valence-electron chi connectivity index (χ0n) is 13.0. The van der Waals surface area contributed by atoms with Crippen LogP contribution in [-0.4, -0.2) is 4.57 Å². The van der Waals surface area contributed by atoms with Gasteiger partial charge in [0.2, 0.25) is 0 Å². The van der Waals surface area contributed by atoms with Crippen LogP contribution in [0.3, 0.4) is 0 Å². The summed E-state index contributed by atoms with van der Waals surface area (Å²) in [5.41, 5.74) is 6.63. The fourth-order valence-electron chi connectivity index (χ4n) is 3.45. The lowest BCUT2D eigenvalue weighted by molar-refractivity contribution is 1.09. The van der Waals surface area contributed by atoms with Crippen LogP contribution in [0.1, 0.15) is 20.3 Å². The van der Waals surface area contributed by atoms with E-state index in [2.05, 4.69) is 85.2 Å². The van der Waals surface area contributed by atoms with Crippen LogP contribution in [0, 0.1) is 0 Å². The first kappa shape index (κ1) is 13.1. The number of nitrogens with zero attached hydrogens (tertiary/aromatic N) is 1. The third-order valence-corrected chi connectivity index (χ3v) is 4.34. The van der Waals surface area contributed by atoms with Crippen molar-refractivity contribution in [2.45, 2.75) is 20.3 Å². The zero-order chi connectivity index (χ0) is 15.1. The molecule has 0 unspecified atom stereocenters. The van der Waals surface area contributed by atoms with Crippen LogP contribution in [0.5, 0.6) is 0 Å². The molecule has 0 saturated heterocycles. The second-order valence-electron chi connectivity index (χ2n) is 6.11. The van der Waals surface area contributed by atoms with Crippen molar-refractivity contribution in [1.82, 2.24) is 4.57 Å². The first-order chi connectivity index (χ1) is 10.7. The molecule has 0 radical (unpaired) electrons. The summed E-state index contributed by atoms with van der Waals surface area (Å²) in [6.07, 6.45) is 7.74. The van der Waals surface area contributed by atoms with E-state index in [0.717, 1.165) is 6.42 Å². The molecule has 1 aliphatic carbocycles. The molecule has 1 heterocycles. The number of rotatable bonds is 1. The average molecular weight is 285 g/mol. The molecular weight excluding hydrogens is 266 g/mol. The third kappa shape index (κ3) is 2.01. The lowest BCUT2D eigenvalue weighted by Crippen LogP contribution is -1.97. The largest absolute Gasteiger partial charge is 0.313 e. The van der Waals surface area contributed by atoms with Crippen molar-refractivity contribution in [2.24, 2.45) is 0 Å². The molecular formula is C21H19N. The topological polar surface area (TPSA) is 4.93 Å². The Labute approximate surface area is 130 Å². The molecule has 2 aromatic carbocycles. The van der Waals surface area contributed by atoms with E-state index in [1.165, 1.54) is 38.6 Å². The Kier molecular flexibility index (Phi) is 3.00. The number of fused-ring (bicyclic) bond motifs is 3. The zero-order valence-corrected chi connectivity index (χ0v) is 13.0. The maximum Gasteiger partial charge on any atom is 0.0537 e. The highest BCUT2D eigenvalue weighted by molar-refractivity contribution is 6.10. The minimum Gasteiger partial charge on any atom is -0.313 e. The molecule has 3 aromatic rings. The number of allylic oxidation sites excluding steroid dienone is 6. The molecule has 1 aromatic heterocycles. The molecule has 0 saturated carbocycles. The lowest BCUT2D eigenvalue weighted by Gasteiger charge is -2.12. The van der Waals surface area contributed by atoms with Crippen molar-refractivity contribution in [3.8, 4) is 0 Å². The van der Waals surface area contributed by atoms with Crippen molar-refractivity contribution < 1.29 is 0 Å². The Morgan fingerprint density at radius 3 is 2.00 bits per heavy atom. The first-order valence-corrected chi connectivity index (χ1v) is 7.77. The van der Waals surface area contributed by atoms with Crippen LogP contribution in [0.25, 0.3) is 27.5 Å². The standard InChI is InChI=1S/C21H19N/c1-15-11-12-17(14-16(2)13-15)22-20-9-5-3-7-18(20)19-8-4-6-10-21(19)22/h3-13H,14H2,1-2H3. The number of hydrogen-bond donors (Lipinski definition) is 0. The van der Waals surface area contributed by atoms with Gasteiger partial charge in [-0.15, -0.1) is 0 Å². The number of aromatic nitrogens is 1. The van der Waals surface area contributed by atoms with Crippen LogP contribution in [0.15, 0.2) is 77.9 Å². The number of hydrogen-bond acceptors (Lipinski definition) is 0. The van der Waals surface area contributed by atoms with Crippen LogP contribution < -0.4 is 0 Å². The van der Waals surface area contributed by atoms with E-state index in [1.54, 1.807) is 0 Å². The minimum atomic E-state index is 0.983. The van der Waals surface area contributed by atoms with E-state index < -0.39 is 0 Å². The van der Waals surface area contributed by atoms with Gasteiger partial charge < -0.3 is 4.57 Å². The van der Waals surface area contributed by atoms with Gasteiger partial charge in [-0.1, -0.05) is 59.7 Å². The SMILES string of the molecule is CC1=CC=C(n2c3ccccc3c3ccccc32)CC(C)=C1. The maximum atomic E-state index is 2.41. The number of para-hydroxylation sites is 2. The summed E-state index contributed by atoms with van der Waals surface area (Å²) in [6, 6.07) is 17.4.